The van der Waals surface area contributed by atoms with E-state index in [1.165, 1.54) is 4.90 Å². The average Bonchev–Trinajstić information content (AvgIpc) is 2.55. The van der Waals surface area contributed by atoms with Crippen molar-refractivity contribution in [1.29, 1.82) is 0 Å². The maximum absolute atomic E-state index is 12.4. The first kappa shape index (κ1) is 20.9. The Morgan fingerprint density at radius 1 is 1.36 bits per heavy atom. The molecule has 1 aromatic rings. The van der Waals surface area contributed by atoms with Gasteiger partial charge in [0, 0.05) is 24.5 Å². The third kappa shape index (κ3) is 6.34. The van der Waals surface area contributed by atoms with Crippen molar-refractivity contribution in [3.63, 3.8) is 0 Å². The van der Waals surface area contributed by atoms with Crippen LogP contribution >= 0.6 is 0 Å². The van der Waals surface area contributed by atoms with Crippen LogP contribution in [0.4, 0.5) is 4.79 Å². The molecule has 2 atom stereocenters. The number of hydrogen-bond acceptors (Lipinski definition) is 4. The van der Waals surface area contributed by atoms with Crippen molar-refractivity contribution in [3.05, 3.63) is 30.1 Å². The molecule has 140 valence electrons. The predicted octanol–water partition coefficient (Wildman–Crippen LogP) is 2.40. The fraction of sp³-hybridized carbons (Fsp3) is 0.611. The Morgan fingerprint density at radius 2 is 2.04 bits per heavy atom. The second-order valence-corrected chi connectivity index (χ2v) is 7.06. The summed E-state index contributed by atoms with van der Waals surface area (Å²) in [6.45, 7) is 7.46. The van der Waals surface area contributed by atoms with Crippen LogP contribution in [0.15, 0.2) is 24.5 Å². The van der Waals surface area contributed by atoms with E-state index in [1.807, 2.05) is 13.0 Å². The number of amides is 2. The molecule has 0 saturated heterocycles. The van der Waals surface area contributed by atoms with Crippen LogP contribution in [0.3, 0.4) is 0 Å². The number of unbranched alkanes of at least 4 members (excludes halogenated alkanes) is 1. The molecule has 25 heavy (non-hydrogen) atoms. The third-order valence-corrected chi connectivity index (χ3v) is 3.94. The molecule has 0 radical (unpaired) electrons. The van der Waals surface area contributed by atoms with Gasteiger partial charge >= 0.3 is 6.09 Å². The Hall–Kier alpha value is -2.15. The Bertz CT molecular complexity index is 557. The first-order valence-corrected chi connectivity index (χ1v) is 8.55. The SMILES string of the molecule is CCCC[C@@H]([C@H](O)C(=O)NCc1cccnc1)N(C(=O)O)C(C)(C)C. The lowest BCUT2D eigenvalue weighted by Gasteiger charge is -2.41. The molecular weight excluding hydrogens is 322 g/mol. The molecule has 0 aromatic carbocycles. The van der Waals surface area contributed by atoms with Crippen LogP contribution in [0.5, 0.6) is 0 Å². The quantitative estimate of drug-likeness (QED) is 0.667. The summed E-state index contributed by atoms with van der Waals surface area (Å²) in [5.41, 5.74) is 0.0774. The van der Waals surface area contributed by atoms with Crippen LogP contribution in [-0.2, 0) is 11.3 Å². The van der Waals surface area contributed by atoms with E-state index in [4.69, 9.17) is 0 Å². The van der Waals surface area contributed by atoms with Crippen molar-refractivity contribution in [3.8, 4) is 0 Å². The minimum atomic E-state index is -1.43. The van der Waals surface area contributed by atoms with Gasteiger partial charge < -0.3 is 15.5 Å². The molecular formula is C18H29N3O4. The Balaban J connectivity index is 2.88. The second kappa shape index (κ2) is 9.36. The lowest BCUT2D eigenvalue weighted by Crippen LogP contribution is -2.58. The highest BCUT2D eigenvalue weighted by atomic mass is 16.4. The van der Waals surface area contributed by atoms with Gasteiger partial charge in [0.25, 0.3) is 5.91 Å². The van der Waals surface area contributed by atoms with Gasteiger partial charge in [-0.05, 0) is 38.8 Å². The fourth-order valence-electron chi connectivity index (χ4n) is 2.74. The van der Waals surface area contributed by atoms with Gasteiger partial charge in [0.15, 0.2) is 6.10 Å². The fourth-order valence-corrected chi connectivity index (χ4v) is 2.74. The number of nitrogens with one attached hydrogen (secondary N) is 1. The van der Waals surface area contributed by atoms with Crippen LogP contribution in [-0.4, -0.2) is 49.8 Å². The van der Waals surface area contributed by atoms with E-state index in [9.17, 15) is 19.8 Å². The van der Waals surface area contributed by atoms with Crippen molar-refractivity contribution >= 4 is 12.0 Å². The molecule has 0 unspecified atom stereocenters. The van der Waals surface area contributed by atoms with Gasteiger partial charge in [-0.2, -0.15) is 0 Å². The molecule has 0 fully saturated rings. The highest BCUT2D eigenvalue weighted by Gasteiger charge is 2.39. The molecule has 0 aliphatic rings. The molecule has 0 spiro atoms. The number of rotatable bonds is 8. The summed E-state index contributed by atoms with van der Waals surface area (Å²) >= 11 is 0. The van der Waals surface area contributed by atoms with Crippen molar-refractivity contribution in [2.24, 2.45) is 0 Å². The summed E-state index contributed by atoms with van der Waals surface area (Å²) in [5.74, 6) is -0.583. The van der Waals surface area contributed by atoms with E-state index in [0.717, 1.165) is 18.4 Å². The summed E-state index contributed by atoms with van der Waals surface area (Å²) in [5, 5.41) is 22.8. The monoisotopic (exact) mass is 351 g/mol. The Kier molecular flexibility index (Phi) is 7.83. The van der Waals surface area contributed by atoms with Crippen LogP contribution in [0.25, 0.3) is 0 Å². The van der Waals surface area contributed by atoms with Gasteiger partial charge in [0.1, 0.15) is 0 Å². The van der Waals surface area contributed by atoms with Crippen LogP contribution in [0.1, 0.15) is 52.5 Å². The van der Waals surface area contributed by atoms with Gasteiger partial charge in [0.2, 0.25) is 0 Å². The topological polar surface area (TPSA) is 103 Å². The van der Waals surface area contributed by atoms with Gasteiger partial charge in [-0.15, -0.1) is 0 Å². The predicted molar refractivity (Wildman–Crippen MR) is 95.0 cm³/mol. The van der Waals surface area contributed by atoms with Crippen LogP contribution in [0, 0.1) is 0 Å². The molecule has 0 aliphatic heterocycles. The van der Waals surface area contributed by atoms with Gasteiger partial charge in [-0.3, -0.25) is 14.7 Å². The first-order valence-electron chi connectivity index (χ1n) is 8.55. The summed E-state index contributed by atoms with van der Waals surface area (Å²) < 4.78 is 0. The molecule has 0 bridgehead atoms. The molecule has 3 N–H and O–H groups in total. The lowest BCUT2D eigenvalue weighted by molar-refractivity contribution is -0.134. The summed E-state index contributed by atoms with van der Waals surface area (Å²) in [6, 6.07) is 2.77. The Labute approximate surface area is 149 Å². The normalized spacial score (nSPS) is 13.8. The van der Waals surface area contributed by atoms with E-state index >= 15 is 0 Å². The lowest BCUT2D eigenvalue weighted by atomic mass is 9.95. The molecule has 7 heteroatoms. The van der Waals surface area contributed by atoms with E-state index in [-0.39, 0.29) is 6.54 Å². The number of aromatic nitrogens is 1. The third-order valence-electron chi connectivity index (χ3n) is 3.94. The summed E-state index contributed by atoms with van der Waals surface area (Å²) in [4.78, 5) is 29.3. The number of pyridine rings is 1. The number of aliphatic hydroxyl groups excluding tert-OH is 1. The smallest absolute Gasteiger partial charge is 0.408 e. The zero-order valence-corrected chi connectivity index (χ0v) is 15.4. The van der Waals surface area contributed by atoms with E-state index in [2.05, 4.69) is 10.3 Å². The van der Waals surface area contributed by atoms with Crippen LogP contribution in [0.2, 0.25) is 0 Å². The number of nitrogens with zero attached hydrogens (tertiary/aromatic N) is 2. The minimum Gasteiger partial charge on any atom is -0.465 e. The van der Waals surface area contributed by atoms with E-state index in [0.29, 0.717) is 6.42 Å². The van der Waals surface area contributed by atoms with Crippen molar-refractivity contribution in [1.82, 2.24) is 15.2 Å². The van der Waals surface area contributed by atoms with Crippen molar-refractivity contribution in [2.45, 2.75) is 71.2 Å². The van der Waals surface area contributed by atoms with Gasteiger partial charge in [-0.1, -0.05) is 25.8 Å². The maximum atomic E-state index is 12.4. The van der Waals surface area contributed by atoms with E-state index in [1.54, 1.807) is 39.2 Å². The molecule has 2 amide bonds. The molecule has 1 heterocycles. The number of hydrogen-bond donors (Lipinski definition) is 3. The summed E-state index contributed by atoms with van der Waals surface area (Å²) in [6.07, 6.45) is 2.66. The molecule has 0 saturated carbocycles. The minimum absolute atomic E-state index is 0.229. The maximum Gasteiger partial charge on any atom is 0.408 e. The highest BCUT2D eigenvalue weighted by molar-refractivity contribution is 5.82. The molecule has 7 nitrogen and oxygen atoms in total. The standard InChI is InChI=1S/C18H29N3O4/c1-5-6-9-14(21(17(24)25)18(2,3)4)15(22)16(23)20-12-13-8-7-10-19-11-13/h7-8,10-11,14-15,22H,5-6,9,12H2,1-4H3,(H,20,23)(H,24,25)/t14-,15-/m0/s1. The first-order chi connectivity index (χ1) is 11.7. The molecule has 1 aromatic heterocycles. The second-order valence-electron chi connectivity index (χ2n) is 7.06. The van der Waals surface area contributed by atoms with Gasteiger partial charge in [0.05, 0.1) is 6.04 Å². The molecule has 0 aliphatic carbocycles. The van der Waals surface area contributed by atoms with E-state index < -0.39 is 29.7 Å². The number of aliphatic hydroxyl groups is 1. The average molecular weight is 351 g/mol. The van der Waals surface area contributed by atoms with Crippen molar-refractivity contribution in [2.75, 3.05) is 0 Å². The summed E-state index contributed by atoms with van der Waals surface area (Å²) in [7, 11) is 0. The van der Waals surface area contributed by atoms with Crippen LogP contribution < -0.4 is 5.32 Å². The Morgan fingerprint density at radius 3 is 2.52 bits per heavy atom. The molecule has 1 rings (SSSR count). The van der Waals surface area contributed by atoms with Gasteiger partial charge in [-0.25, -0.2) is 4.79 Å². The zero-order chi connectivity index (χ0) is 19.0. The largest absolute Gasteiger partial charge is 0.465 e. The number of carboxylic acid groups (broad SMARTS) is 1. The number of carbonyl (C=O) groups excluding carboxylic acids is 1. The van der Waals surface area contributed by atoms with Crippen molar-refractivity contribution < 1.29 is 19.8 Å². The number of carbonyl (C=O) groups is 2. The highest BCUT2D eigenvalue weighted by Crippen LogP contribution is 2.23. The zero-order valence-electron chi connectivity index (χ0n) is 15.4.